The first-order chi connectivity index (χ1) is 8.88. The number of benzene rings is 2. The zero-order valence-corrected chi connectivity index (χ0v) is 11.8. The molecule has 100 valence electrons. The van der Waals surface area contributed by atoms with E-state index in [9.17, 15) is 8.42 Å². The summed E-state index contributed by atoms with van der Waals surface area (Å²) in [6, 6.07) is 14.4. The SMILES string of the molecule is Cc1cccc(C(N)c2cccc(S(C)(=O)=O)c2)c1. The molecule has 0 fully saturated rings. The molecular formula is C15H17NO2S. The van der Waals surface area contributed by atoms with E-state index in [0.717, 1.165) is 16.7 Å². The maximum Gasteiger partial charge on any atom is 0.175 e. The normalized spacial score (nSPS) is 13.2. The fourth-order valence-corrected chi connectivity index (χ4v) is 2.67. The summed E-state index contributed by atoms with van der Waals surface area (Å²) in [5.41, 5.74) is 9.11. The van der Waals surface area contributed by atoms with E-state index in [1.165, 1.54) is 6.26 Å². The lowest BCUT2D eigenvalue weighted by atomic mass is 9.98. The first kappa shape index (κ1) is 13.8. The Bertz CT molecular complexity index is 693. The van der Waals surface area contributed by atoms with E-state index in [4.69, 9.17) is 5.73 Å². The van der Waals surface area contributed by atoms with Crippen molar-refractivity contribution in [3.05, 3.63) is 65.2 Å². The van der Waals surface area contributed by atoms with Gasteiger partial charge < -0.3 is 5.73 Å². The third-order valence-corrected chi connectivity index (χ3v) is 4.16. The third kappa shape index (κ3) is 3.22. The molecule has 0 aliphatic rings. The van der Waals surface area contributed by atoms with Gasteiger partial charge in [-0.2, -0.15) is 0 Å². The summed E-state index contributed by atoms with van der Waals surface area (Å²) in [7, 11) is -3.20. The predicted molar refractivity (Wildman–Crippen MR) is 76.8 cm³/mol. The average Bonchev–Trinajstić information content (AvgIpc) is 2.37. The lowest BCUT2D eigenvalue weighted by Crippen LogP contribution is -2.12. The number of sulfone groups is 1. The van der Waals surface area contributed by atoms with Crippen LogP contribution in [0.15, 0.2) is 53.4 Å². The number of hydrogen-bond acceptors (Lipinski definition) is 3. The monoisotopic (exact) mass is 275 g/mol. The van der Waals surface area contributed by atoms with E-state index in [2.05, 4.69) is 0 Å². The van der Waals surface area contributed by atoms with E-state index in [0.29, 0.717) is 4.90 Å². The van der Waals surface area contributed by atoms with E-state index in [-0.39, 0.29) is 6.04 Å². The van der Waals surface area contributed by atoms with Crippen molar-refractivity contribution in [1.29, 1.82) is 0 Å². The minimum Gasteiger partial charge on any atom is -0.320 e. The Morgan fingerprint density at radius 2 is 1.58 bits per heavy atom. The van der Waals surface area contributed by atoms with Crippen LogP contribution in [0, 0.1) is 6.92 Å². The molecule has 2 aromatic carbocycles. The maximum absolute atomic E-state index is 11.6. The quantitative estimate of drug-likeness (QED) is 0.936. The molecule has 2 rings (SSSR count). The number of nitrogens with two attached hydrogens (primary N) is 1. The molecule has 3 nitrogen and oxygen atoms in total. The first-order valence-electron chi connectivity index (χ1n) is 6.00. The molecule has 0 radical (unpaired) electrons. The van der Waals surface area contributed by atoms with Crippen LogP contribution in [-0.4, -0.2) is 14.7 Å². The van der Waals surface area contributed by atoms with Gasteiger partial charge in [-0.15, -0.1) is 0 Å². The van der Waals surface area contributed by atoms with Crippen molar-refractivity contribution in [3.8, 4) is 0 Å². The van der Waals surface area contributed by atoms with Gasteiger partial charge in [0, 0.05) is 6.26 Å². The van der Waals surface area contributed by atoms with Gasteiger partial charge in [-0.1, -0.05) is 42.0 Å². The summed E-state index contributed by atoms with van der Waals surface area (Å²) in [6.07, 6.45) is 1.20. The van der Waals surface area contributed by atoms with Crippen LogP contribution in [0.3, 0.4) is 0 Å². The molecular weight excluding hydrogens is 258 g/mol. The zero-order valence-electron chi connectivity index (χ0n) is 11.0. The highest BCUT2D eigenvalue weighted by atomic mass is 32.2. The molecule has 0 heterocycles. The van der Waals surface area contributed by atoms with Gasteiger partial charge in [-0.05, 0) is 30.2 Å². The Kier molecular flexibility index (Phi) is 3.73. The summed E-state index contributed by atoms with van der Waals surface area (Å²) >= 11 is 0. The van der Waals surface area contributed by atoms with Crippen molar-refractivity contribution in [2.45, 2.75) is 17.9 Å². The van der Waals surface area contributed by atoms with Crippen molar-refractivity contribution in [3.63, 3.8) is 0 Å². The van der Waals surface area contributed by atoms with Crippen LogP contribution in [-0.2, 0) is 9.84 Å². The van der Waals surface area contributed by atoms with Gasteiger partial charge in [0.2, 0.25) is 0 Å². The van der Waals surface area contributed by atoms with Crippen molar-refractivity contribution >= 4 is 9.84 Å². The molecule has 1 unspecified atom stereocenters. The first-order valence-corrected chi connectivity index (χ1v) is 7.89. The summed E-state index contributed by atoms with van der Waals surface area (Å²) < 4.78 is 23.1. The van der Waals surface area contributed by atoms with Crippen LogP contribution < -0.4 is 5.73 Å². The van der Waals surface area contributed by atoms with Crippen LogP contribution >= 0.6 is 0 Å². The third-order valence-electron chi connectivity index (χ3n) is 3.05. The van der Waals surface area contributed by atoms with Crippen molar-refractivity contribution in [1.82, 2.24) is 0 Å². The predicted octanol–water partition coefficient (Wildman–Crippen LogP) is 2.45. The molecule has 0 aliphatic heterocycles. The Hall–Kier alpha value is -1.65. The van der Waals surface area contributed by atoms with Gasteiger partial charge in [0.05, 0.1) is 10.9 Å². The molecule has 0 saturated heterocycles. The second-order valence-corrected chi connectivity index (χ2v) is 6.75. The van der Waals surface area contributed by atoms with Gasteiger partial charge >= 0.3 is 0 Å². The number of hydrogen-bond donors (Lipinski definition) is 1. The van der Waals surface area contributed by atoms with E-state index in [1.807, 2.05) is 37.3 Å². The smallest absolute Gasteiger partial charge is 0.175 e. The fraction of sp³-hybridized carbons (Fsp3) is 0.200. The van der Waals surface area contributed by atoms with Crippen LogP contribution in [0.2, 0.25) is 0 Å². The molecule has 2 aromatic rings. The molecule has 0 aliphatic carbocycles. The molecule has 4 heteroatoms. The number of rotatable bonds is 3. The highest BCUT2D eigenvalue weighted by molar-refractivity contribution is 7.90. The highest BCUT2D eigenvalue weighted by Crippen LogP contribution is 2.22. The zero-order chi connectivity index (χ0) is 14.0. The molecule has 2 N–H and O–H groups in total. The van der Waals surface area contributed by atoms with Crippen LogP contribution in [0.25, 0.3) is 0 Å². The van der Waals surface area contributed by atoms with Gasteiger partial charge in [0.1, 0.15) is 0 Å². The van der Waals surface area contributed by atoms with Gasteiger partial charge in [0.15, 0.2) is 9.84 Å². The Balaban J connectivity index is 2.42. The summed E-state index contributed by atoms with van der Waals surface area (Å²) in [5.74, 6) is 0. The summed E-state index contributed by atoms with van der Waals surface area (Å²) in [5, 5.41) is 0. The minimum atomic E-state index is -3.20. The molecule has 19 heavy (non-hydrogen) atoms. The molecule has 0 spiro atoms. The fourth-order valence-electron chi connectivity index (χ4n) is 1.99. The highest BCUT2D eigenvalue weighted by Gasteiger charge is 2.13. The van der Waals surface area contributed by atoms with Crippen LogP contribution in [0.5, 0.6) is 0 Å². The Labute approximate surface area is 114 Å². The molecule has 0 bridgehead atoms. The largest absolute Gasteiger partial charge is 0.320 e. The Morgan fingerprint density at radius 3 is 2.16 bits per heavy atom. The van der Waals surface area contributed by atoms with Crippen LogP contribution in [0.1, 0.15) is 22.7 Å². The summed E-state index contributed by atoms with van der Waals surface area (Å²) in [4.78, 5) is 0.299. The molecule has 1 atom stereocenters. The van der Waals surface area contributed by atoms with Crippen molar-refractivity contribution in [2.75, 3.05) is 6.26 Å². The average molecular weight is 275 g/mol. The van der Waals surface area contributed by atoms with Gasteiger partial charge in [0.25, 0.3) is 0 Å². The molecule has 0 amide bonds. The van der Waals surface area contributed by atoms with E-state index >= 15 is 0 Å². The Morgan fingerprint density at radius 1 is 1.00 bits per heavy atom. The molecule has 0 aromatic heterocycles. The molecule has 0 saturated carbocycles. The van der Waals surface area contributed by atoms with Gasteiger partial charge in [-0.3, -0.25) is 0 Å². The lowest BCUT2D eigenvalue weighted by molar-refractivity contribution is 0.601. The van der Waals surface area contributed by atoms with Crippen molar-refractivity contribution in [2.24, 2.45) is 5.73 Å². The summed E-state index contributed by atoms with van der Waals surface area (Å²) in [6.45, 7) is 2.00. The number of aryl methyl sites for hydroxylation is 1. The van der Waals surface area contributed by atoms with Crippen LogP contribution in [0.4, 0.5) is 0 Å². The second kappa shape index (κ2) is 5.15. The van der Waals surface area contributed by atoms with E-state index in [1.54, 1.807) is 18.2 Å². The second-order valence-electron chi connectivity index (χ2n) is 4.74. The van der Waals surface area contributed by atoms with Crippen molar-refractivity contribution < 1.29 is 8.42 Å². The standard InChI is InChI=1S/C15H17NO2S/c1-11-5-3-6-12(9-11)15(16)13-7-4-8-14(10-13)19(2,17)18/h3-10,15H,16H2,1-2H3. The topological polar surface area (TPSA) is 60.2 Å². The van der Waals surface area contributed by atoms with Gasteiger partial charge in [-0.25, -0.2) is 8.42 Å². The maximum atomic E-state index is 11.6. The minimum absolute atomic E-state index is 0.299. The lowest BCUT2D eigenvalue weighted by Gasteiger charge is -2.14. The van der Waals surface area contributed by atoms with E-state index < -0.39 is 9.84 Å².